The van der Waals surface area contributed by atoms with Gasteiger partial charge in [0.2, 0.25) is 0 Å². The van der Waals surface area contributed by atoms with E-state index in [4.69, 9.17) is 0 Å². The van der Waals surface area contributed by atoms with Gasteiger partial charge in [0.25, 0.3) is 0 Å². The molecule has 0 amide bonds. The van der Waals surface area contributed by atoms with Gasteiger partial charge < -0.3 is 5.32 Å². The second kappa shape index (κ2) is 6.61. The number of hydrogen-bond acceptors (Lipinski definition) is 1. The van der Waals surface area contributed by atoms with Gasteiger partial charge in [-0.1, -0.05) is 44.9 Å². The van der Waals surface area contributed by atoms with Crippen LogP contribution in [-0.2, 0) is 0 Å². The van der Waals surface area contributed by atoms with Gasteiger partial charge in [0.1, 0.15) is 0 Å². The molecule has 1 heteroatoms. The van der Waals surface area contributed by atoms with Gasteiger partial charge in [0.15, 0.2) is 0 Å². The van der Waals surface area contributed by atoms with Crippen molar-refractivity contribution in [1.29, 1.82) is 0 Å². The molecule has 0 heterocycles. The molecule has 3 aliphatic carbocycles. The van der Waals surface area contributed by atoms with Gasteiger partial charge >= 0.3 is 0 Å². The quantitative estimate of drug-likeness (QED) is 0.774. The van der Waals surface area contributed by atoms with Gasteiger partial charge in [-0.05, 0) is 62.8 Å². The first-order chi connectivity index (χ1) is 9.38. The molecule has 1 nitrogen and oxygen atoms in total. The zero-order valence-corrected chi connectivity index (χ0v) is 12.9. The Hall–Kier alpha value is -0.0400. The van der Waals surface area contributed by atoms with Crippen LogP contribution in [0.5, 0.6) is 0 Å². The lowest BCUT2D eigenvalue weighted by atomic mass is 9.64. The molecule has 0 aromatic heterocycles. The second-order valence-corrected chi connectivity index (χ2v) is 7.59. The minimum Gasteiger partial charge on any atom is -0.316 e. The summed E-state index contributed by atoms with van der Waals surface area (Å²) in [5.74, 6) is 4.18. The Morgan fingerprint density at radius 2 is 1.37 bits per heavy atom. The first kappa shape index (κ1) is 13.9. The highest BCUT2D eigenvalue weighted by molar-refractivity contribution is 4.91. The summed E-state index contributed by atoms with van der Waals surface area (Å²) < 4.78 is 0. The number of nitrogens with one attached hydrogen (secondary N) is 1. The SMILES string of the molecule is CNC(C1CCCCC1)C1CCC2CCCCC2C1. The highest BCUT2D eigenvalue weighted by Gasteiger charge is 2.37. The van der Waals surface area contributed by atoms with Crippen molar-refractivity contribution in [2.24, 2.45) is 23.7 Å². The van der Waals surface area contributed by atoms with Crippen molar-refractivity contribution in [1.82, 2.24) is 5.32 Å². The zero-order valence-electron chi connectivity index (χ0n) is 12.9. The fourth-order valence-electron chi connectivity index (χ4n) is 5.59. The summed E-state index contributed by atoms with van der Waals surface area (Å²) in [5, 5.41) is 3.74. The minimum atomic E-state index is 0.836. The van der Waals surface area contributed by atoms with E-state index in [0.717, 1.165) is 29.7 Å². The Labute approximate surface area is 119 Å². The Morgan fingerprint density at radius 1 is 0.684 bits per heavy atom. The Bertz CT molecular complexity index is 269. The minimum absolute atomic E-state index is 0.836. The van der Waals surface area contributed by atoms with Crippen molar-refractivity contribution in [3.05, 3.63) is 0 Å². The highest BCUT2D eigenvalue weighted by atomic mass is 14.9. The molecule has 0 aromatic carbocycles. The van der Waals surface area contributed by atoms with E-state index in [1.165, 1.54) is 51.4 Å². The van der Waals surface area contributed by atoms with Crippen molar-refractivity contribution in [2.45, 2.75) is 83.1 Å². The van der Waals surface area contributed by atoms with Crippen LogP contribution in [0.25, 0.3) is 0 Å². The third-order valence-electron chi connectivity index (χ3n) is 6.58. The fraction of sp³-hybridized carbons (Fsp3) is 1.00. The first-order valence-electron chi connectivity index (χ1n) is 9.05. The van der Waals surface area contributed by atoms with Gasteiger partial charge in [-0.2, -0.15) is 0 Å². The lowest BCUT2D eigenvalue weighted by Crippen LogP contribution is -2.44. The van der Waals surface area contributed by atoms with E-state index in [2.05, 4.69) is 12.4 Å². The van der Waals surface area contributed by atoms with Crippen LogP contribution in [-0.4, -0.2) is 13.1 Å². The topological polar surface area (TPSA) is 12.0 Å². The predicted octanol–water partition coefficient (Wildman–Crippen LogP) is 4.76. The highest BCUT2D eigenvalue weighted by Crippen LogP contribution is 2.45. The smallest absolute Gasteiger partial charge is 0.0121 e. The molecule has 0 saturated heterocycles. The maximum Gasteiger partial charge on any atom is 0.0121 e. The van der Waals surface area contributed by atoms with Crippen LogP contribution in [0.1, 0.15) is 77.0 Å². The summed E-state index contributed by atoms with van der Waals surface area (Å²) in [7, 11) is 2.23. The van der Waals surface area contributed by atoms with Crippen LogP contribution in [0.15, 0.2) is 0 Å². The Balaban J connectivity index is 1.60. The molecule has 3 aliphatic rings. The maximum atomic E-state index is 3.74. The van der Waals surface area contributed by atoms with Gasteiger partial charge in [-0.3, -0.25) is 0 Å². The predicted molar refractivity (Wildman–Crippen MR) is 82.2 cm³/mol. The van der Waals surface area contributed by atoms with E-state index >= 15 is 0 Å². The second-order valence-electron chi connectivity index (χ2n) is 7.59. The molecule has 0 aliphatic heterocycles. The molecule has 4 unspecified atom stereocenters. The fourth-order valence-corrected chi connectivity index (χ4v) is 5.59. The Morgan fingerprint density at radius 3 is 2.11 bits per heavy atom. The number of fused-ring (bicyclic) bond motifs is 1. The molecular weight excluding hydrogens is 230 g/mol. The van der Waals surface area contributed by atoms with Crippen LogP contribution in [0.4, 0.5) is 0 Å². The molecule has 1 N–H and O–H groups in total. The average molecular weight is 263 g/mol. The third kappa shape index (κ3) is 3.17. The molecule has 4 atom stereocenters. The molecule has 0 radical (unpaired) electrons. The standard InChI is InChI=1S/C18H33N/c1-19-18(15-8-3-2-4-9-15)17-12-11-14-7-5-6-10-16(14)13-17/h14-19H,2-13H2,1H3. The van der Waals surface area contributed by atoms with Crippen LogP contribution < -0.4 is 5.32 Å². The van der Waals surface area contributed by atoms with Crippen molar-refractivity contribution < 1.29 is 0 Å². The van der Waals surface area contributed by atoms with Crippen molar-refractivity contribution in [3.8, 4) is 0 Å². The van der Waals surface area contributed by atoms with Gasteiger partial charge in [-0.25, -0.2) is 0 Å². The summed E-state index contributed by atoms with van der Waals surface area (Å²) >= 11 is 0. The Kier molecular flexibility index (Phi) is 4.84. The van der Waals surface area contributed by atoms with Crippen molar-refractivity contribution >= 4 is 0 Å². The maximum absolute atomic E-state index is 3.74. The van der Waals surface area contributed by atoms with Gasteiger partial charge in [0.05, 0.1) is 0 Å². The monoisotopic (exact) mass is 263 g/mol. The lowest BCUT2D eigenvalue weighted by Gasteiger charge is -2.44. The van der Waals surface area contributed by atoms with Gasteiger partial charge in [0, 0.05) is 6.04 Å². The lowest BCUT2D eigenvalue weighted by molar-refractivity contribution is 0.0875. The van der Waals surface area contributed by atoms with E-state index in [-0.39, 0.29) is 0 Å². The molecule has 0 aromatic rings. The molecule has 3 rings (SSSR count). The van der Waals surface area contributed by atoms with E-state index in [1.807, 2.05) is 0 Å². The molecule has 19 heavy (non-hydrogen) atoms. The van der Waals surface area contributed by atoms with E-state index in [9.17, 15) is 0 Å². The van der Waals surface area contributed by atoms with Crippen molar-refractivity contribution in [2.75, 3.05) is 7.05 Å². The largest absolute Gasteiger partial charge is 0.316 e. The van der Waals surface area contributed by atoms with Crippen molar-refractivity contribution in [3.63, 3.8) is 0 Å². The van der Waals surface area contributed by atoms with Gasteiger partial charge in [-0.15, -0.1) is 0 Å². The molecule has 110 valence electrons. The summed E-state index contributed by atoms with van der Waals surface area (Å²) in [6, 6.07) is 0.836. The summed E-state index contributed by atoms with van der Waals surface area (Å²) in [5.41, 5.74) is 0. The molecule has 0 spiro atoms. The van der Waals surface area contributed by atoms with E-state index < -0.39 is 0 Å². The third-order valence-corrected chi connectivity index (χ3v) is 6.58. The molecule has 3 fully saturated rings. The average Bonchev–Trinajstić information content (AvgIpc) is 2.49. The molecule has 3 saturated carbocycles. The molecule has 0 bridgehead atoms. The van der Waals surface area contributed by atoms with E-state index in [0.29, 0.717) is 0 Å². The normalized spacial score (nSPS) is 38.7. The van der Waals surface area contributed by atoms with E-state index in [1.54, 1.807) is 25.7 Å². The first-order valence-corrected chi connectivity index (χ1v) is 9.05. The van der Waals surface area contributed by atoms with Crippen LogP contribution in [0.2, 0.25) is 0 Å². The number of rotatable bonds is 3. The summed E-state index contributed by atoms with van der Waals surface area (Å²) in [4.78, 5) is 0. The van der Waals surface area contributed by atoms with Crippen LogP contribution >= 0.6 is 0 Å². The molecular formula is C18H33N. The van der Waals surface area contributed by atoms with Crippen LogP contribution in [0.3, 0.4) is 0 Å². The summed E-state index contributed by atoms with van der Waals surface area (Å²) in [6.07, 6.45) is 18.2. The zero-order chi connectivity index (χ0) is 13.1. The number of hydrogen-bond donors (Lipinski definition) is 1. The summed E-state index contributed by atoms with van der Waals surface area (Å²) in [6.45, 7) is 0. The van der Waals surface area contributed by atoms with Crippen LogP contribution in [0, 0.1) is 23.7 Å².